The summed E-state index contributed by atoms with van der Waals surface area (Å²) in [5.41, 5.74) is -1.16. The minimum Gasteiger partial charge on any atom is -0.509 e. The van der Waals surface area contributed by atoms with Gasteiger partial charge in [0.1, 0.15) is 5.76 Å². The number of aliphatic hydroxyl groups excluding tert-OH is 3. The Morgan fingerprint density at radius 1 is 1.15 bits per heavy atom. The van der Waals surface area contributed by atoms with Gasteiger partial charge in [0.2, 0.25) is 0 Å². The van der Waals surface area contributed by atoms with Gasteiger partial charge in [-0.3, -0.25) is 4.79 Å². The third-order valence-electron chi connectivity index (χ3n) is 5.08. The van der Waals surface area contributed by atoms with Gasteiger partial charge in [0, 0.05) is 12.3 Å². The summed E-state index contributed by atoms with van der Waals surface area (Å²) < 4.78 is 0. The SMILES string of the molecule is CC(C)=CCC1C(O)C(C(=O)CC(C)C)=C(O)C1(O)C(O)CCC(C)C. The molecule has 0 aromatic heterocycles. The van der Waals surface area contributed by atoms with Gasteiger partial charge >= 0.3 is 0 Å². The zero-order chi connectivity index (χ0) is 20.2. The van der Waals surface area contributed by atoms with Crippen LogP contribution in [0.5, 0.6) is 0 Å². The number of allylic oxidation sites excluding steroid dienone is 2. The van der Waals surface area contributed by atoms with Crippen LogP contribution in [0.15, 0.2) is 23.0 Å². The molecule has 4 unspecified atom stereocenters. The van der Waals surface area contributed by atoms with E-state index >= 15 is 0 Å². The number of carbonyl (C=O) groups is 1. The van der Waals surface area contributed by atoms with Crippen molar-refractivity contribution in [2.24, 2.45) is 17.8 Å². The van der Waals surface area contributed by atoms with Crippen molar-refractivity contribution in [1.82, 2.24) is 0 Å². The molecule has 26 heavy (non-hydrogen) atoms. The zero-order valence-corrected chi connectivity index (χ0v) is 17.0. The molecule has 0 aromatic carbocycles. The molecule has 0 fully saturated rings. The minimum atomic E-state index is -2.01. The van der Waals surface area contributed by atoms with Crippen LogP contribution >= 0.6 is 0 Å². The first-order valence-electron chi connectivity index (χ1n) is 9.61. The fraction of sp³-hybridized carbons (Fsp3) is 0.762. The molecule has 0 bridgehead atoms. The second-order valence-corrected chi connectivity index (χ2v) is 8.66. The zero-order valence-electron chi connectivity index (χ0n) is 17.0. The third kappa shape index (κ3) is 4.96. The van der Waals surface area contributed by atoms with Crippen molar-refractivity contribution in [1.29, 1.82) is 0 Å². The Balaban J connectivity index is 3.29. The molecule has 0 amide bonds. The Kier molecular flexibility index (Phi) is 8.05. The summed E-state index contributed by atoms with van der Waals surface area (Å²) in [4.78, 5) is 12.6. The van der Waals surface area contributed by atoms with Crippen LogP contribution in [0.2, 0.25) is 0 Å². The number of hydrogen-bond donors (Lipinski definition) is 4. The number of ketones is 1. The number of rotatable bonds is 9. The first-order valence-corrected chi connectivity index (χ1v) is 9.61. The number of hydrogen-bond acceptors (Lipinski definition) is 5. The van der Waals surface area contributed by atoms with Crippen molar-refractivity contribution in [2.75, 3.05) is 0 Å². The standard InChI is InChI=1S/C21H36O5/c1-12(2)7-9-15-19(24)18(16(22)11-14(5)6)20(25)21(15,26)17(23)10-8-13(3)4/h7,13-15,17,19,23-26H,8-11H2,1-6H3. The second kappa shape index (κ2) is 9.16. The van der Waals surface area contributed by atoms with Gasteiger partial charge in [-0.15, -0.1) is 0 Å². The van der Waals surface area contributed by atoms with E-state index in [1.54, 1.807) is 0 Å². The number of carbonyl (C=O) groups excluding carboxylic acids is 1. The van der Waals surface area contributed by atoms with E-state index in [0.29, 0.717) is 12.3 Å². The molecule has 0 saturated carbocycles. The number of Topliss-reactive ketones (excluding diaryl/α,β-unsaturated/α-hetero) is 1. The molecule has 5 nitrogen and oxygen atoms in total. The highest BCUT2D eigenvalue weighted by molar-refractivity contribution is 5.98. The molecular formula is C21H36O5. The predicted molar refractivity (Wildman–Crippen MR) is 103 cm³/mol. The van der Waals surface area contributed by atoms with Crippen molar-refractivity contribution in [3.8, 4) is 0 Å². The second-order valence-electron chi connectivity index (χ2n) is 8.66. The topological polar surface area (TPSA) is 98.0 Å². The Bertz CT molecular complexity index is 557. The molecule has 0 aliphatic heterocycles. The molecule has 0 heterocycles. The summed E-state index contributed by atoms with van der Waals surface area (Å²) in [6, 6.07) is 0. The van der Waals surface area contributed by atoms with E-state index in [2.05, 4.69) is 0 Å². The molecule has 0 saturated heterocycles. The predicted octanol–water partition coefficient (Wildman–Crippen LogP) is 3.29. The first kappa shape index (κ1) is 22.9. The van der Waals surface area contributed by atoms with Gasteiger partial charge in [-0.1, -0.05) is 39.3 Å². The molecule has 4 atom stereocenters. The summed E-state index contributed by atoms with van der Waals surface area (Å²) in [5, 5.41) is 43.4. The minimum absolute atomic E-state index is 0.0609. The lowest BCUT2D eigenvalue weighted by atomic mass is 9.78. The van der Waals surface area contributed by atoms with Crippen LogP contribution in [0.25, 0.3) is 0 Å². The van der Waals surface area contributed by atoms with E-state index in [4.69, 9.17) is 0 Å². The molecule has 5 heteroatoms. The lowest BCUT2D eigenvalue weighted by Gasteiger charge is -2.36. The molecular weight excluding hydrogens is 332 g/mol. The van der Waals surface area contributed by atoms with Crippen LogP contribution in [0.4, 0.5) is 0 Å². The van der Waals surface area contributed by atoms with Crippen LogP contribution in [-0.2, 0) is 4.79 Å². The monoisotopic (exact) mass is 368 g/mol. The molecule has 1 aliphatic carbocycles. The lowest BCUT2D eigenvalue weighted by molar-refractivity contribution is -0.119. The molecule has 1 aliphatic rings. The quantitative estimate of drug-likeness (QED) is 0.468. The highest BCUT2D eigenvalue weighted by Gasteiger charge is 2.57. The maximum atomic E-state index is 12.6. The molecule has 0 aromatic rings. The van der Waals surface area contributed by atoms with Crippen LogP contribution in [0.1, 0.15) is 67.2 Å². The van der Waals surface area contributed by atoms with Crippen LogP contribution in [0.3, 0.4) is 0 Å². The average molecular weight is 369 g/mol. The molecule has 0 radical (unpaired) electrons. The Hall–Kier alpha value is -1.17. The molecule has 1 rings (SSSR count). The molecule has 0 spiro atoms. The molecule has 4 N–H and O–H groups in total. The van der Waals surface area contributed by atoms with Crippen LogP contribution in [-0.4, -0.2) is 44.0 Å². The van der Waals surface area contributed by atoms with Gasteiger partial charge in [0.25, 0.3) is 0 Å². The summed E-state index contributed by atoms with van der Waals surface area (Å²) in [6.45, 7) is 11.6. The van der Waals surface area contributed by atoms with Gasteiger partial charge in [0.15, 0.2) is 11.4 Å². The normalized spacial score (nSPS) is 27.3. The maximum Gasteiger partial charge on any atom is 0.165 e. The average Bonchev–Trinajstić information content (AvgIpc) is 2.69. The maximum absolute atomic E-state index is 12.6. The summed E-state index contributed by atoms with van der Waals surface area (Å²) in [5.74, 6) is -1.40. The van der Waals surface area contributed by atoms with E-state index in [1.165, 1.54) is 0 Å². The lowest BCUT2D eigenvalue weighted by Crippen LogP contribution is -2.50. The summed E-state index contributed by atoms with van der Waals surface area (Å²) >= 11 is 0. The van der Waals surface area contributed by atoms with E-state index < -0.39 is 29.5 Å². The van der Waals surface area contributed by atoms with Gasteiger partial charge in [-0.05, 0) is 44.9 Å². The smallest absolute Gasteiger partial charge is 0.165 e. The summed E-state index contributed by atoms with van der Waals surface area (Å²) in [7, 11) is 0. The molecule has 150 valence electrons. The van der Waals surface area contributed by atoms with Crippen molar-refractivity contribution < 1.29 is 25.2 Å². The largest absolute Gasteiger partial charge is 0.509 e. The van der Waals surface area contributed by atoms with E-state index in [1.807, 2.05) is 47.6 Å². The van der Waals surface area contributed by atoms with Crippen molar-refractivity contribution >= 4 is 5.78 Å². The van der Waals surface area contributed by atoms with Crippen molar-refractivity contribution in [3.05, 3.63) is 23.0 Å². The highest BCUT2D eigenvalue weighted by atomic mass is 16.4. The Morgan fingerprint density at radius 3 is 2.19 bits per heavy atom. The third-order valence-corrected chi connectivity index (χ3v) is 5.08. The fourth-order valence-corrected chi connectivity index (χ4v) is 3.54. The number of aliphatic hydroxyl groups is 4. The van der Waals surface area contributed by atoms with Gasteiger partial charge in [-0.25, -0.2) is 0 Å². The van der Waals surface area contributed by atoms with Crippen LogP contribution < -0.4 is 0 Å². The highest BCUT2D eigenvalue weighted by Crippen LogP contribution is 2.46. The van der Waals surface area contributed by atoms with Gasteiger partial charge in [0.05, 0.1) is 17.8 Å². The van der Waals surface area contributed by atoms with Crippen molar-refractivity contribution in [3.63, 3.8) is 0 Å². The van der Waals surface area contributed by atoms with Gasteiger partial charge < -0.3 is 20.4 Å². The van der Waals surface area contributed by atoms with Gasteiger partial charge in [-0.2, -0.15) is 0 Å². The van der Waals surface area contributed by atoms with E-state index in [-0.39, 0.29) is 36.5 Å². The van der Waals surface area contributed by atoms with E-state index in [0.717, 1.165) is 5.57 Å². The first-order chi connectivity index (χ1) is 11.9. The van der Waals surface area contributed by atoms with Crippen LogP contribution in [0, 0.1) is 17.8 Å². The fourth-order valence-electron chi connectivity index (χ4n) is 3.54. The van der Waals surface area contributed by atoms with Crippen molar-refractivity contribution in [2.45, 2.75) is 85.0 Å². The summed E-state index contributed by atoms with van der Waals surface area (Å²) in [6.07, 6.45) is 0.678. The van der Waals surface area contributed by atoms with E-state index in [9.17, 15) is 25.2 Å². The Morgan fingerprint density at radius 2 is 1.73 bits per heavy atom. The Labute approximate surface area is 157 Å².